The van der Waals surface area contributed by atoms with Crippen molar-refractivity contribution in [2.45, 2.75) is 13.3 Å². The number of hydrogen-bond donors (Lipinski definition) is 1. The standard InChI is InChI=1S/C9H13N3/c1-7-3-4-11-9(8(7)10)12-5-2-6-12/h3-4H,2,5-6,10H2,1H3. The van der Waals surface area contributed by atoms with Crippen LogP contribution in [-0.2, 0) is 0 Å². The molecule has 1 aromatic rings. The first-order valence-electron chi connectivity index (χ1n) is 4.25. The third-order valence-electron chi connectivity index (χ3n) is 2.34. The molecule has 3 heteroatoms. The van der Waals surface area contributed by atoms with Crippen molar-refractivity contribution in [2.75, 3.05) is 23.7 Å². The van der Waals surface area contributed by atoms with Crippen LogP contribution in [0.2, 0.25) is 0 Å². The average molecular weight is 163 g/mol. The summed E-state index contributed by atoms with van der Waals surface area (Å²) in [7, 11) is 0. The summed E-state index contributed by atoms with van der Waals surface area (Å²) in [5.74, 6) is 0.959. The zero-order valence-corrected chi connectivity index (χ0v) is 7.25. The van der Waals surface area contributed by atoms with Crippen LogP contribution in [0.15, 0.2) is 12.3 Å². The molecule has 0 amide bonds. The van der Waals surface area contributed by atoms with Crippen LogP contribution in [-0.4, -0.2) is 18.1 Å². The van der Waals surface area contributed by atoms with Gasteiger partial charge in [0.15, 0.2) is 5.82 Å². The molecule has 0 saturated carbocycles. The van der Waals surface area contributed by atoms with E-state index in [4.69, 9.17) is 5.73 Å². The molecule has 1 aromatic heterocycles. The van der Waals surface area contributed by atoms with Crippen LogP contribution in [0.4, 0.5) is 11.5 Å². The Hall–Kier alpha value is -1.25. The molecule has 1 aliphatic heterocycles. The number of anilines is 2. The van der Waals surface area contributed by atoms with Gasteiger partial charge in [-0.3, -0.25) is 0 Å². The van der Waals surface area contributed by atoms with Gasteiger partial charge in [-0.25, -0.2) is 4.98 Å². The van der Waals surface area contributed by atoms with Crippen LogP contribution in [0.1, 0.15) is 12.0 Å². The van der Waals surface area contributed by atoms with Crippen LogP contribution in [0.5, 0.6) is 0 Å². The van der Waals surface area contributed by atoms with Crippen LogP contribution in [0.25, 0.3) is 0 Å². The van der Waals surface area contributed by atoms with E-state index < -0.39 is 0 Å². The van der Waals surface area contributed by atoms with Gasteiger partial charge in [-0.2, -0.15) is 0 Å². The van der Waals surface area contributed by atoms with Gasteiger partial charge in [0.2, 0.25) is 0 Å². The van der Waals surface area contributed by atoms with E-state index in [1.807, 2.05) is 19.2 Å². The molecule has 0 aromatic carbocycles. The summed E-state index contributed by atoms with van der Waals surface area (Å²) in [6.07, 6.45) is 3.08. The predicted molar refractivity (Wildman–Crippen MR) is 50.2 cm³/mol. The summed E-state index contributed by atoms with van der Waals surface area (Å²) in [6, 6.07) is 1.94. The van der Waals surface area contributed by atoms with Gasteiger partial charge in [-0.15, -0.1) is 0 Å². The Bertz CT molecular complexity index is 292. The Labute approximate surface area is 72.2 Å². The fourth-order valence-corrected chi connectivity index (χ4v) is 1.34. The molecule has 3 nitrogen and oxygen atoms in total. The number of nitrogens with two attached hydrogens (primary N) is 1. The first-order chi connectivity index (χ1) is 5.79. The van der Waals surface area contributed by atoms with E-state index in [0.717, 1.165) is 30.2 Å². The maximum Gasteiger partial charge on any atom is 0.152 e. The van der Waals surface area contributed by atoms with Gasteiger partial charge in [-0.1, -0.05) is 0 Å². The minimum atomic E-state index is 0.831. The smallest absolute Gasteiger partial charge is 0.152 e. The van der Waals surface area contributed by atoms with E-state index in [0.29, 0.717) is 0 Å². The van der Waals surface area contributed by atoms with Crippen LogP contribution in [0.3, 0.4) is 0 Å². The normalized spacial score (nSPS) is 15.9. The molecule has 0 bridgehead atoms. The summed E-state index contributed by atoms with van der Waals surface area (Å²) in [5.41, 5.74) is 7.84. The fourth-order valence-electron chi connectivity index (χ4n) is 1.34. The lowest BCUT2D eigenvalue weighted by molar-refractivity contribution is 0.610. The molecule has 2 rings (SSSR count). The Balaban J connectivity index is 2.36. The highest BCUT2D eigenvalue weighted by atomic mass is 15.2. The molecule has 1 saturated heterocycles. The summed E-state index contributed by atoms with van der Waals surface area (Å²) in [6.45, 7) is 4.21. The molecule has 0 atom stereocenters. The lowest BCUT2D eigenvalue weighted by atomic mass is 10.2. The molecular formula is C9H13N3. The van der Waals surface area contributed by atoms with Crippen LogP contribution < -0.4 is 10.6 Å². The Kier molecular flexibility index (Phi) is 1.64. The first-order valence-corrected chi connectivity index (χ1v) is 4.25. The maximum atomic E-state index is 5.89. The van der Waals surface area contributed by atoms with Crippen molar-refractivity contribution in [1.82, 2.24) is 4.98 Å². The Morgan fingerprint density at radius 3 is 2.83 bits per heavy atom. The summed E-state index contributed by atoms with van der Waals surface area (Å²) in [4.78, 5) is 6.47. The monoisotopic (exact) mass is 163 g/mol. The summed E-state index contributed by atoms with van der Waals surface area (Å²) < 4.78 is 0. The number of nitrogen functional groups attached to an aromatic ring is 1. The van der Waals surface area contributed by atoms with Crippen molar-refractivity contribution in [3.05, 3.63) is 17.8 Å². The SMILES string of the molecule is Cc1ccnc(N2CCC2)c1N. The van der Waals surface area contributed by atoms with E-state index in [1.54, 1.807) is 0 Å². The van der Waals surface area contributed by atoms with Gasteiger partial charge in [0.05, 0.1) is 5.69 Å². The Morgan fingerprint density at radius 1 is 1.50 bits per heavy atom. The second-order valence-corrected chi connectivity index (χ2v) is 3.21. The van der Waals surface area contributed by atoms with E-state index in [1.165, 1.54) is 6.42 Å². The maximum absolute atomic E-state index is 5.89. The van der Waals surface area contributed by atoms with Gasteiger partial charge in [0.1, 0.15) is 0 Å². The van der Waals surface area contributed by atoms with Crippen LogP contribution in [0, 0.1) is 6.92 Å². The molecule has 2 N–H and O–H groups in total. The van der Waals surface area contributed by atoms with E-state index >= 15 is 0 Å². The Morgan fingerprint density at radius 2 is 2.25 bits per heavy atom. The minimum Gasteiger partial charge on any atom is -0.396 e. The number of nitrogens with zero attached hydrogens (tertiary/aromatic N) is 2. The number of hydrogen-bond acceptors (Lipinski definition) is 3. The number of rotatable bonds is 1. The lowest BCUT2D eigenvalue weighted by Crippen LogP contribution is -2.38. The number of aromatic nitrogens is 1. The highest BCUT2D eigenvalue weighted by Crippen LogP contribution is 2.26. The molecule has 0 spiro atoms. The van der Waals surface area contributed by atoms with Gasteiger partial charge >= 0.3 is 0 Å². The highest BCUT2D eigenvalue weighted by molar-refractivity contribution is 5.67. The molecule has 1 aliphatic rings. The number of aryl methyl sites for hydroxylation is 1. The summed E-state index contributed by atoms with van der Waals surface area (Å²) in [5, 5.41) is 0. The van der Waals surface area contributed by atoms with Crippen LogP contribution >= 0.6 is 0 Å². The van der Waals surface area contributed by atoms with E-state index in [9.17, 15) is 0 Å². The topological polar surface area (TPSA) is 42.2 Å². The molecule has 0 aliphatic carbocycles. The van der Waals surface area contributed by atoms with Crippen molar-refractivity contribution in [1.29, 1.82) is 0 Å². The van der Waals surface area contributed by atoms with Crippen molar-refractivity contribution < 1.29 is 0 Å². The van der Waals surface area contributed by atoms with Crippen molar-refractivity contribution in [3.63, 3.8) is 0 Å². The molecule has 0 radical (unpaired) electrons. The van der Waals surface area contributed by atoms with Gasteiger partial charge < -0.3 is 10.6 Å². The second kappa shape index (κ2) is 2.66. The molecule has 2 heterocycles. The molecule has 12 heavy (non-hydrogen) atoms. The zero-order chi connectivity index (χ0) is 8.55. The van der Waals surface area contributed by atoms with E-state index in [-0.39, 0.29) is 0 Å². The third kappa shape index (κ3) is 1.02. The first kappa shape index (κ1) is 7.40. The lowest BCUT2D eigenvalue weighted by Gasteiger charge is -2.33. The van der Waals surface area contributed by atoms with Crippen molar-refractivity contribution in [2.24, 2.45) is 0 Å². The van der Waals surface area contributed by atoms with Crippen molar-refractivity contribution in [3.8, 4) is 0 Å². The predicted octanol–water partition coefficient (Wildman–Crippen LogP) is 1.18. The quantitative estimate of drug-likeness (QED) is 0.676. The fraction of sp³-hybridized carbons (Fsp3) is 0.444. The van der Waals surface area contributed by atoms with Gasteiger partial charge in [0.25, 0.3) is 0 Å². The molecule has 0 unspecified atom stereocenters. The molecule has 64 valence electrons. The van der Waals surface area contributed by atoms with Gasteiger partial charge in [-0.05, 0) is 25.0 Å². The van der Waals surface area contributed by atoms with Crippen molar-refractivity contribution >= 4 is 11.5 Å². The zero-order valence-electron chi connectivity index (χ0n) is 7.25. The van der Waals surface area contributed by atoms with E-state index in [2.05, 4.69) is 9.88 Å². The molecular weight excluding hydrogens is 150 g/mol. The average Bonchev–Trinajstić information content (AvgIpc) is 1.95. The number of pyridine rings is 1. The third-order valence-corrected chi connectivity index (χ3v) is 2.34. The largest absolute Gasteiger partial charge is 0.396 e. The van der Waals surface area contributed by atoms with Gasteiger partial charge in [0, 0.05) is 19.3 Å². The second-order valence-electron chi connectivity index (χ2n) is 3.21. The molecule has 1 fully saturated rings. The highest BCUT2D eigenvalue weighted by Gasteiger charge is 2.18. The minimum absolute atomic E-state index is 0.831. The summed E-state index contributed by atoms with van der Waals surface area (Å²) >= 11 is 0.